The molecule has 0 amide bonds. The normalized spacial score (nSPS) is 41.5. The van der Waals surface area contributed by atoms with Crippen molar-refractivity contribution in [2.75, 3.05) is 52.4 Å². The standard InChI is InChI=1S/C22H42N4/c1-18(2)23-9-12-26-15-20(14-22(26,5)17-23)13-19(3)24-10-11-25-8-6-7-21(25,4)16-24/h18-20H,6-17H2,1-5H3/t19-,20+,21-,22+/m1/s1. The van der Waals surface area contributed by atoms with Crippen molar-refractivity contribution in [1.29, 1.82) is 0 Å². The predicted octanol–water partition coefficient (Wildman–Crippen LogP) is 2.74. The summed E-state index contributed by atoms with van der Waals surface area (Å²) in [6.07, 6.45) is 5.60. The van der Waals surface area contributed by atoms with Gasteiger partial charge in [-0.25, -0.2) is 0 Å². The van der Waals surface area contributed by atoms with Gasteiger partial charge in [-0.05, 0) is 72.8 Å². The lowest BCUT2D eigenvalue weighted by Crippen LogP contribution is -2.59. The van der Waals surface area contributed by atoms with E-state index in [4.69, 9.17) is 0 Å². The molecule has 0 aromatic rings. The van der Waals surface area contributed by atoms with E-state index in [1.54, 1.807) is 0 Å². The number of piperazine rings is 2. The van der Waals surface area contributed by atoms with E-state index in [9.17, 15) is 0 Å². The molecule has 4 heteroatoms. The highest BCUT2D eigenvalue weighted by Crippen LogP contribution is 2.39. The van der Waals surface area contributed by atoms with Gasteiger partial charge in [0.25, 0.3) is 0 Å². The third-order valence-electron chi connectivity index (χ3n) is 8.31. The molecule has 26 heavy (non-hydrogen) atoms. The Morgan fingerprint density at radius 3 is 2.31 bits per heavy atom. The maximum atomic E-state index is 2.82. The first-order valence-electron chi connectivity index (χ1n) is 11.3. The number of fused-ring (bicyclic) bond motifs is 2. The van der Waals surface area contributed by atoms with Crippen molar-refractivity contribution in [3.8, 4) is 0 Å². The molecular formula is C22H42N4. The van der Waals surface area contributed by atoms with E-state index in [1.165, 1.54) is 78.0 Å². The third kappa shape index (κ3) is 3.47. The second kappa shape index (κ2) is 7.02. The minimum Gasteiger partial charge on any atom is -0.298 e. The van der Waals surface area contributed by atoms with Crippen LogP contribution < -0.4 is 0 Å². The minimum absolute atomic E-state index is 0.420. The van der Waals surface area contributed by atoms with E-state index >= 15 is 0 Å². The lowest BCUT2D eigenvalue weighted by molar-refractivity contribution is 0.0155. The molecule has 4 aliphatic rings. The van der Waals surface area contributed by atoms with Crippen LogP contribution in [0.15, 0.2) is 0 Å². The van der Waals surface area contributed by atoms with Crippen LogP contribution in [0.2, 0.25) is 0 Å². The molecule has 0 radical (unpaired) electrons. The number of hydrogen-bond acceptors (Lipinski definition) is 4. The Hall–Kier alpha value is -0.160. The van der Waals surface area contributed by atoms with E-state index in [-0.39, 0.29) is 0 Å². The van der Waals surface area contributed by atoms with Crippen molar-refractivity contribution in [1.82, 2.24) is 19.6 Å². The van der Waals surface area contributed by atoms with Crippen LogP contribution in [0.1, 0.15) is 60.3 Å². The van der Waals surface area contributed by atoms with Crippen LogP contribution >= 0.6 is 0 Å². The van der Waals surface area contributed by atoms with Gasteiger partial charge in [0, 0.05) is 69.0 Å². The van der Waals surface area contributed by atoms with E-state index in [2.05, 4.69) is 54.2 Å². The van der Waals surface area contributed by atoms with Crippen molar-refractivity contribution in [2.24, 2.45) is 5.92 Å². The molecule has 4 rings (SSSR count). The van der Waals surface area contributed by atoms with Gasteiger partial charge >= 0.3 is 0 Å². The van der Waals surface area contributed by atoms with Gasteiger partial charge in [0.15, 0.2) is 0 Å². The SMILES string of the molecule is CC(C)N1CCN2C[C@@H](C[C@@H](C)N3CCN4CCC[C@]4(C)C3)C[C@@]2(C)C1. The van der Waals surface area contributed by atoms with Gasteiger partial charge in [0.2, 0.25) is 0 Å². The molecule has 4 atom stereocenters. The first-order valence-corrected chi connectivity index (χ1v) is 11.3. The first-order chi connectivity index (χ1) is 12.3. The molecule has 0 bridgehead atoms. The Bertz CT molecular complexity index is 508. The number of nitrogens with zero attached hydrogens (tertiary/aromatic N) is 4. The summed E-state index contributed by atoms with van der Waals surface area (Å²) in [5, 5.41) is 0. The van der Waals surface area contributed by atoms with Gasteiger partial charge in [0.05, 0.1) is 0 Å². The highest BCUT2D eigenvalue weighted by molar-refractivity contribution is 5.03. The molecule has 0 aromatic heterocycles. The zero-order chi connectivity index (χ0) is 18.5. The van der Waals surface area contributed by atoms with Gasteiger partial charge in [0.1, 0.15) is 0 Å². The van der Waals surface area contributed by atoms with E-state index in [0.29, 0.717) is 17.1 Å². The summed E-state index contributed by atoms with van der Waals surface area (Å²) in [7, 11) is 0. The monoisotopic (exact) mass is 362 g/mol. The Morgan fingerprint density at radius 2 is 1.54 bits per heavy atom. The van der Waals surface area contributed by atoms with Crippen LogP contribution in [-0.2, 0) is 0 Å². The van der Waals surface area contributed by atoms with Gasteiger partial charge in [-0.1, -0.05) is 0 Å². The summed E-state index contributed by atoms with van der Waals surface area (Å²) >= 11 is 0. The predicted molar refractivity (Wildman–Crippen MR) is 110 cm³/mol. The molecule has 0 unspecified atom stereocenters. The molecule has 4 fully saturated rings. The van der Waals surface area contributed by atoms with Crippen LogP contribution in [0.4, 0.5) is 0 Å². The maximum absolute atomic E-state index is 2.82. The lowest BCUT2D eigenvalue weighted by Gasteiger charge is -2.47. The molecule has 4 aliphatic heterocycles. The fourth-order valence-corrected chi connectivity index (χ4v) is 6.65. The van der Waals surface area contributed by atoms with Crippen molar-refractivity contribution in [3.05, 3.63) is 0 Å². The van der Waals surface area contributed by atoms with Gasteiger partial charge in [-0.3, -0.25) is 19.6 Å². The molecule has 4 saturated heterocycles. The summed E-state index contributed by atoms with van der Waals surface area (Å²) in [6.45, 7) is 22.6. The van der Waals surface area contributed by atoms with Gasteiger partial charge in [-0.15, -0.1) is 0 Å². The highest BCUT2D eigenvalue weighted by atomic mass is 15.3. The second-order valence-electron chi connectivity index (χ2n) is 10.7. The fourth-order valence-electron chi connectivity index (χ4n) is 6.65. The number of hydrogen-bond donors (Lipinski definition) is 0. The Balaban J connectivity index is 1.34. The Labute approximate surface area is 161 Å². The topological polar surface area (TPSA) is 13.0 Å². The summed E-state index contributed by atoms with van der Waals surface area (Å²) in [5.41, 5.74) is 0.881. The quantitative estimate of drug-likeness (QED) is 0.762. The molecule has 0 N–H and O–H groups in total. The second-order valence-corrected chi connectivity index (χ2v) is 10.7. The Kier molecular flexibility index (Phi) is 5.18. The van der Waals surface area contributed by atoms with Crippen LogP contribution in [0.5, 0.6) is 0 Å². The van der Waals surface area contributed by atoms with Crippen LogP contribution in [0.3, 0.4) is 0 Å². The average molecular weight is 363 g/mol. The summed E-state index contributed by atoms with van der Waals surface area (Å²) in [4.78, 5) is 11.1. The van der Waals surface area contributed by atoms with Crippen molar-refractivity contribution in [3.63, 3.8) is 0 Å². The maximum Gasteiger partial charge on any atom is 0.0312 e. The van der Waals surface area contributed by atoms with Crippen LogP contribution in [0.25, 0.3) is 0 Å². The smallest absolute Gasteiger partial charge is 0.0312 e. The van der Waals surface area contributed by atoms with E-state index < -0.39 is 0 Å². The van der Waals surface area contributed by atoms with Crippen molar-refractivity contribution < 1.29 is 0 Å². The molecular weight excluding hydrogens is 320 g/mol. The average Bonchev–Trinajstić information content (AvgIpc) is 3.11. The van der Waals surface area contributed by atoms with Gasteiger partial charge < -0.3 is 0 Å². The van der Waals surface area contributed by atoms with E-state index in [0.717, 1.165) is 12.0 Å². The molecule has 0 aliphatic carbocycles. The lowest BCUT2D eigenvalue weighted by atomic mass is 9.88. The molecule has 4 heterocycles. The van der Waals surface area contributed by atoms with E-state index in [1.807, 2.05) is 0 Å². The van der Waals surface area contributed by atoms with Crippen LogP contribution in [0, 0.1) is 5.92 Å². The Morgan fingerprint density at radius 1 is 0.846 bits per heavy atom. The summed E-state index contributed by atoms with van der Waals surface area (Å²) < 4.78 is 0. The number of rotatable bonds is 4. The van der Waals surface area contributed by atoms with Gasteiger partial charge in [-0.2, -0.15) is 0 Å². The molecule has 0 spiro atoms. The summed E-state index contributed by atoms with van der Waals surface area (Å²) in [6, 6.07) is 1.43. The van der Waals surface area contributed by atoms with Crippen LogP contribution in [-0.4, -0.2) is 95.1 Å². The third-order valence-corrected chi connectivity index (χ3v) is 8.31. The summed E-state index contributed by atoms with van der Waals surface area (Å²) in [5.74, 6) is 0.886. The van der Waals surface area contributed by atoms with Crippen molar-refractivity contribution in [2.45, 2.75) is 83.5 Å². The fraction of sp³-hybridized carbons (Fsp3) is 1.00. The largest absolute Gasteiger partial charge is 0.298 e. The zero-order valence-electron chi connectivity index (χ0n) is 18.0. The molecule has 0 aromatic carbocycles. The molecule has 0 saturated carbocycles. The zero-order valence-corrected chi connectivity index (χ0v) is 18.0. The molecule has 4 nitrogen and oxygen atoms in total. The first kappa shape index (κ1) is 19.2. The van der Waals surface area contributed by atoms with Crippen molar-refractivity contribution >= 4 is 0 Å². The molecule has 150 valence electrons. The highest BCUT2D eigenvalue weighted by Gasteiger charge is 2.47. The minimum atomic E-state index is 0.420.